The largest absolute Gasteiger partial charge is 0.480 e. The lowest BCUT2D eigenvalue weighted by Crippen LogP contribution is -2.51. The summed E-state index contributed by atoms with van der Waals surface area (Å²) in [7, 11) is 0. The molecule has 3 aliphatic rings. The summed E-state index contributed by atoms with van der Waals surface area (Å²) in [5.74, 6) is -1.26. The Morgan fingerprint density at radius 2 is 1.62 bits per heavy atom. The molecule has 5 rings (SSSR count). The van der Waals surface area contributed by atoms with E-state index in [9.17, 15) is 19.5 Å². The Labute approximate surface area is 186 Å². The predicted octanol–water partition coefficient (Wildman–Crippen LogP) is 3.43. The third-order valence-electron chi connectivity index (χ3n) is 6.89. The molecule has 0 unspecified atom stereocenters. The average molecular weight is 434 g/mol. The summed E-state index contributed by atoms with van der Waals surface area (Å²) >= 11 is 0. The van der Waals surface area contributed by atoms with E-state index in [2.05, 4.69) is 18.2 Å². The van der Waals surface area contributed by atoms with Crippen LogP contribution < -0.4 is 0 Å². The number of carboxylic acid groups (broad SMARTS) is 1. The van der Waals surface area contributed by atoms with E-state index < -0.39 is 24.1 Å². The van der Waals surface area contributed by atoms with Crippen LogP contribution in [0.1, 0.15) is 42.4 Å². The topological polar surface area (TPSA) is 87.2 Å². The third-order valence-corrected chi connectivity index (χ3v) is 6.89. The molecule has 0 spiro atoms. The van der Waals surface area contributed by atoms with Crippen LogP contribution in [0.2, 0.25) is 0 Å². The summed E-state index contributed by atoms with van der Waals surface area (Å²) < 4.78 is 5.65. The molecule has 0 aromatic heterocycles. The predicted molar refractivity (Wildman–Crippen MR) is 117 cm³/mol. The van der Waals surface area contributed by atoms with Crippen LogP contribution in [0.15, 0.2) is 42.5 Å². The summed E-state index contributed by atoms with van der Waals surface area (Å²) in [6, 6.07) is 12.9. The molecule has 2 aromatic carbocycles. The number of aliphatic carboxylic acids is 1. The Bertz CT molecular complexity index is 1080. The molecule has 1 aliphatic carbocycles. The van der Waals surface area contributed by atoms with Gasteiger partial charge in [0.1, 0.15) is 18.7 Å². The fourth-order valence-electron chi connectivity index (χ4n) is 5.30. The van der Waals surface area contributed by atoms with Crippen LogP contribution in [0.4, 0.5) is 4.79 Å². The first kappa shape index (κ1) is 20.5. The maximum atomic E-state index is 13.0. The van der Waals surface area contributed by atoms with Gasteiger partial charge >= 0.3 is 12.1 Å². The van der Waals surface area contributed by atoms with Crippen LogP contribution in [0.25, 0.3) is 11.1 Å². The number of likely N-dealkylation sites (tertiary alicyclic amines) is 2. The van der Waals surface area contributed by atoms with Crippen molar-refractivity contribution in [2.24, 2.45) is 0 Å². The summed E-state index contributed by atoms with van der Waals surface area (Å²) in [5.41, 5.74) is 5.82. The maximum absolute atomic E-state index is 13.0. The lowest BCUT2D eigenvalue weighted by atomic mass is 10.0. The van der Waals surface area contributed by atoms with Crippen LogP contribution in [0.5, 0.6) is 0 Å². The van der Waals surface area contributed by atoms with E-state index in [1.807, 2.05) is 24.3 Å². The molecule has 0 saturated carbocycles. The van der Waals surface area contributed by atoms with E-state index in [4.69, 9.17) is 4.74 Å². The normalized spacial score (nSPS) is 21.4. The van der Waals surface area contributed by atoms with Crippen molar-refractivity contribution >= 4 is 18.0 Å². The zero-order valence-electron chi connectivity index (χ0n) is 17.8. The van der Waals surface area contributed by atoms with Gasteiger partial charge in [-0.3, -0.25) is 9.69 Å². The number of hydrogen-bond acceptors (Lipinski definition) is 4. The Morgan fingerprint density at radius 3 is 2.44 bits per heavy atom. The second-order valence-corrected chi connectivity index (χ2v) is 8.71. The quantitative estimate of drug-likeness (QED) is 0.680. The molecule has 2 heterocycles. The number of rotatable bonds is 4. The number of benzene rings is 2. The van der Waals surface area contributed by atoms with Gasteiger partial charge in [0.15, 0.2) is 0 Å². The molecule has 2 saturated heterocycles. The van der Waals surface area contributed by atoms with E-state index in [0.717, 1.165) is 12.0 Å². The summed E-state index contributed by atoms with van der Waals surface area (Å²) in [5, 5.41) is 9.40. The molecular weight excluding hydrogens is 408 g/mol. The highest BCUT2D eigenvalue weighted by Gasteiger charge is 2.42. The van der Waals surface area contributed by atoms with Crippen molar-refractivity contribution < 1.29 is 24.2 Å². The molecule has 7 nitrogen and oxygen atoms in total. The highest BCUT2D eigenvalue weighted by molar-refractivity contribution is 5.90. The molecule has 166 valence electrons. The Kier molecular flexibility index (Phi) is 5.33. The maximum Gasteiger partial charge on any atom is 0.410 e. The molecule has 2 amide bonds. The second kappa shape index (κ2) is 8.30. The molecule has 0 bridgehead atoms. The average Bonchev–Trinajstić information content (AvgIpc) is 3.55. The number of ether oxygens (including phenoxy) is 1. The van der Waals surface area contributed by atoms with Crippen molar-refractivity contribution in [2.45, 2.75) is 50.8 Å². The minimum atomic E-state index is -0.984. The highest BCUT2D eigenvalue weighted by Crippen LogP contribution is 2.38. The van der Waals surface area contributed by atoms with Gasteiger partial charge in [-0.1, -0.05) is 42.5 Å². The van der Waals surface area contributed by atoms with Crippen molar-refractivity contribution in [2.75, 3.05) is 13.1 Å². The zero-order chi connectivity index (χ0) is 22.2. The second-order valence-electron chi connectivity index (χ2n) is 8.71. The van der Waals surface area contributed by atoms with Crippen LogP contribution in [-0.2, 0) is 27.4 Å². The minimum absolute atomic E-state index is 0.148. The molecule has 32 heavy (non-hydrogen) atoms. The van der Waals surface area contributed by atoms with E-state index in [1.165, 1.54) is 32.1 Å². The van der Waals surface area contributed by atoms with E-state index in [-0.39, 0.29) is 12.5 Å². The van der Waals surface area contributed by atoms with Crippen LogP contribution in [0, 0.1) is 0 Å². The lowest BCUT2D eigenvalue weighted by molar-refractivity contribution is -0.149. The Morgan fingerprint density at radius 1 is 0.906 bits per heavy atom. The molecule has 1 N–H and O–H groups in total. The van der Waals surface area contributed by atoms with Gasteiger partial charge in [0.25, 0.3) is 0 Å². The van der Waals surface area contributed by atoms with Crippen molar-refractivity contribution in [1.82, 2.24) is 9.80 Å². The molecular formula is C25H26N2O5. The van der Waals surface area contributed by atoms with Gasteiger partial charge in [0.05, 0.1) is 0 Å². The van der Waals surface area contributed by atoms with Gasteiger partial charge in [-0.05, 0) is 59.9 Å². The Hall–Kier alpha value is -3.35. The first-order chi connectivity index (χ1) is 15.5. The molecule has 2 atom stereocenters. The van der Waals surface area contributed by atoms with Gasteiger partial charge < -0.3 is 14.7 Å². The van der Waals surface area contributed by atoms with E-state index in [0.29, 0.717) is 38.8 Å². The van der Waals surface area contributed by atoms with Crippen LogP contribution in [-0.4, -0.2) is 58.0 Å². The fraction of sp³-hybridized carbons (Fsp3) is 0.400. The van der Waals surface area contributed by atoms with Crippen molar-refractivity contribution in [1.29, 1.82) is 0 Å². The van der Waals surface area contributed by atoms with Crippen LogP contribution >= 0.6 is 0 Å². The summed E-state index contributed by atoms with van der Waals surface area (Å²) in [6.45, 7) is 1.01. The molecule has 2 aromatic rings. The number of fused-ring (bicyclic) bond motifs is 3. The number of carbonyl (C=O) groups excluding carboxylic acids is 2. The lowest BCUT2D eigenvalue weighted by Gasteiger charge is -2.29. The number of carboxylic acids is 1. The molecule has 2 fully saturated rings. The van der Waals surface area contributed by atoms with Crippen LogP contribution in [0.3, 0.4) is 0 Å². The number of carbonyl (C=O) groups is 3. The van der Waals surface area contributed by atoms with E-state index in [1.54, 1.807) is 0 Å². The van der Waals surface area contributed by atoms with Gasteiger partial charge in [-0.25, -0.2) is 9.59 Å². The van der Waals surface area contributed by atoms with Gasteiger partial charge in [-0.15, -0.1) is 0 Å². The molecule has 0 radical (unpaired) electrons. The number of nitrogens with zero attached hydrogens (tertiary/aromatic N) is 2. The van der Waals surface area contributed by atoms with Crippen molar-refractivity contribution in [3.8, 4) is 11.1 Å². The monoisotopic (exact) mass is 434 g/mol. The first-order valence-electron chi connectivity index (χ1n) is 11.2. The Balaban J connectivity index is 1.27. The zero-order valence-corrected chi connectivity index (χ0v) is 17.8. The standard InChI is InChI=1S/C25H26N2O5/c28-23(26-12-5-11-22(26)24(29)30)21-10-4-13-27(21)25(31)32-15-17-7-3-9-19-18-8-2-1-6-16(18)14-20(17)19/h1-3,6-9,21-22H,4-5,10-15H2,(H,29,30)/t21-,22-/m1/s1. The van der Waals surface area contributed by atoms with Gasteiger partial charge in [-0.2, -0.15) is 0 Å². The van der Waals surface area contributed by atoms with Gasteiger partial charge in [0.2, 0.25) is 5.91 Å². The molecule has 2 aliphatic heterocycles. The fourth-order valence-corrected chi connectivity index (χ4v) is 5.30. The number of amides is 2. The SMILES string of the molecule is O=C(O)[C@H]1CCCN1C(=O)[C@H]1CCCN1C(=O)OCc1cccc2c1Cc1ccccc1-2. The third kappa shape index (κ3) is 3.51. The van der Waals surface area contributed by atoms with E-state index >= 15 is 0 Å². The summed E-state index contributed by atoms with van der Waals surface area (Å²) in [4.78, 5) is 40.3. The smallest absolute Gasteiger partial charge is 0.410 e. The molecule has 7 heteroatoms. The first-order valence-corrected chi connectivity index (χ1v) is 11.2. The highest BCUT2D eigenvalue weighted by atomic mass is 16.6. The summed E-state index contributed by atoms with van der Waals surface area (Å²) in [6.07, 6.45) is 2.66. The minimum Gasteiger partial charge on any atom is -0.480 e. The van der Waals surface area contributed by atoms with Crippen molar-refractivity contribution in [3.63, 3.8) is 0 Å². The number of hydrogen-bond donors (Lipinski definition) is 1. The van der Waals surface area contributed by atoms with Gasteiger partial charge in [0, 0.05) is 13.1 Å². The van der Waals surface area contributed by atoms with Crippen molar-refractivity contribution in [3.05, 3.63) is 59.2 Å².